The van der Waals surface area contributed by atoms with E-state index >= 15 is 0 Å². The first-order valence-electron chi connectivity index (χ1n) is 5.35. The van der Waals surface area contributed by atoms with Crippen molar-refractivity contribution in [2.24, 2.45) is 11.5 Å². The van der Waals surface area contributed by atoms with Crippen molar-refractivity contribution in [3.05, 3.63) is 34.3 Å². The van der Waals surface area contributed by atoms with Gasteiger partial charge >= 0.3 is 0 Å². The van der Waals surface area contributed by atoms with Crippen LogP contribution in [0.4, 0.5) is 5.69 Å². The van der Waals surface area contributed by atoms with Crippen LogP contribution in [0, 0.1) is 0 Å². The summed E-state index contributed by atoms with van der Waals surface area (Å²) >= 11 is 1.25. The summed E-state index contributed by atoms with van der Waals surface area (Å²) in [4.78, 5) is 23.5. The van der Waals surface area contributed by atoms with E-state index in [1.165, 1.54) is 23.7 Å². The molecule has 0 aliphatic heterocycles. The van der Waals surface area contributed by atoms with Gasteiger partial charge in [-0.2, -0.15) is 0 Å². The van der Waals surface area contributed by atoms with Crippen LogP contribution >= 0.6 is 11.3 Å². The van der Waals surface area contributed by atoms with E-state index in [1.54, 1.807) is 19.1 Å². The van der Waals surface area contributed by atoms with Gasteiger partial charge in [0.15, 0.2) is 6.29 Å². The second-order valence-corrected chi connectivity index (χ2v) is 4.47. The lowest BCUT2D eigenvalue weighted by molar-refractivity contribution is -0.115. The van der Waals surface area contributed by atoms with Crippen molar-refractivity contribution >= 4 is 34.8 Å². The molecule has 0 bridgehead atoms. The van der Waals surface area contributed by atoms with Crippen molar-refractivity contribution in [1.82, 2.24) is 0 Å². The number of allylic oxidation sites excluding steroid dienone is 2. The molecule has 0 fully saturated rings. The van der Waals surface area contributed by atoms with Crippen LogP contribution in [-0.2, 0) is 4.79 Å². The molecule has 0 atom stereocenters. The molecular weight excluding hydrogens is 250 g/mol. The van der Waals surface area contributed by atoms with Gasteiger partial charge in [0.2, 0.25) is 5.91 Å². The largest absolute Gasteiger partial charge is 0.405 e. The number of aldehydes is 1. The molecule has 0 saturated heterocycles. The number of thiophene rings is 1. The molecule has 0 aromatic carbocycles. The number of nitrogens with two attached hydrogens (primary N) is 2. The van der Waals surface area contributed by atoms with Crippen LogP contribution in [0.25, 0.3) is 5.57 Å². The van der Waals surface area contributed by atoms with Crippen molar-refractivity contribution in [1.29, 1.82) is 0 Å². The highest BCUT2D eigenvalue weighted by Gasteiger charge is 2.12. The van der Waals surface area contributed by atoms with E-state index in [9.17, 15) is 9.59 Å². The van der Waals surface area contributed by atoms with E-state index in [1.807, 2.05) is 0 Å². The smallest absolute Gasteiger partial charge is 0.224 e. The van der Waals surface area contributed by atoms with Gasteiger partial charge in [-0.25, -0.2) is 0 Å². The molecule has 0 saturated carbocycles. The maximum absolute atomic E-state index is 11.3. The molecule has 5 nitrogen and oxygen atoms in total. The van der Waals surface area contributed by atoms with Gasteiger partial charge in [-0.1, -0.05) is 6.92 Å². The number of hydrogen-bond donors (Lipinski definition) is 3. The van der Waals surface area contributed by atoms with Crippen molar-refractivity contribution in [3.63, 3.8) is 0 Å². The normalized spacial score (nSPS) is 11.7. The van der Waals surface area contributed by atoms with Crippen LogP contribution in [0.5, 0.6) is 0 Å². The van der Waals surface area contributed by atoms with Gasteiger partial charge in [0.1, 0.15) is 0 Å². The van der Waals surface area contributed by atoms with E-state index in [2.05, 4.69) is 5.32 Å². The second-order valence-electron chi connectivity index (χ2n) is 3.39. The fourth-order valence-corrected chi connectivity index (χ4v) is 2.23. The lowest BCUT2D eigenvalue weighted by atomic mass is 10.2. The average molecular weight is 265 g/mol. The third kappa shape index (κ3) is 3.21. The molecule has 1 aromatic rings. The molecule has 0 aliphatic rings. The van der Waals surface area contributed by atoms with Gasteiger partial charge in [-0.05, 0) is 18.3 Å². The zero-order valence-corrected chi connectivity index (χ0v) is 10.8. The Morgan fingerprint density at radius 3 is 2.72 bits per heavy atom. The van der Waals surface area contributed by atoms with E-state index in [-0.39, 0.29) is 5.91 Å². The van der Waals surface area contributed by atoms with Crippen LogP contribution in [0.1, 0.15) is 27.9 Å². The van der Waals surface area contributed by atoms with Crippen LogP contribution in [0.15, 0.2) is 24.5 Å². The highest BCUT2D eigenvalue weighted by molar-refractivity contribution is 7.15. The first kappa shape index (κ1) is 14.0. The van der Waals surface area contributed by atoms with Crippen LogP contribution in [0.2, 0.25) is 0 Å². The maximum Gasteiger partial charge on any atom is 0.224 e. The number of anilines is 1. The summed E-state index contributed by atoms with van der Waals surface area (Å²) in [5.74, 6) is -0.143. The zero-order chi connectivity index (χ0) is 13.5. The molecule has 0 spiro atoms. The first-order chi connectivity index (χ1) is 8.65. The Balaban J connectivity index is 3.11. The van der Waals surface area contributed by atoms with Crippen molar-refractivity contribution in [3.8, 4) is 0 Å². The molecule has 1 rings (SSSR count). The molecule has 6 heteroatoms. The molecule has 0 radical (unpaired) electrons. The summed E-state index contributed by atoms with van der Waals surface area (Å²) < 4.78 is 0. The molecule has 0 aliphatic carbocycles. The maximum atomic E-state index is 11.3. The van der Waals surface area contributed by atoms with Crippen molar-refractivity contribution < 1.29 is 9.59 Å². The number of carbonyl (C=O) groups excluding carboxylic acids is 2. The zero-order valence-electron chi connectivity index (χ0n) is 9.97. The Morgan fingerprint density at radius 1 is 1.50 bits per heavy atom. The molecule has 1 aromatic heterocycles. The third-order valence-corrected chi connectivity index (χ3v) is 3.31. The Bertz CT molecular complexity index is 503. The van der Waals surface area contributed by atoms with Crippen molar-refractivity contribution in [2.45, 2.75) is 13.3 Å². The predicted molar refractivity (Wildman–Crippen MR) is 74.1 cm³/mol. The van der Waals surface area contributed by atoms with Crippen LogP contribution in [0.3, 0.4) is 0 Å². The third-order valence-electron chi connectivity index (χ3n) is 2.20. The van der Waals surface area contributed by atoms with Gasteiger partial charge in [-0.3, -0.25) is 9.59 Å². The summed E-state index contributed by atoms with van der Waals surface area (Å²) in [5.41, 5.74) is 12.0. The molecule has 0 unspecified atom stereocenters. The van der Waals surface area contributed by atoms with Gasteiger partial charge in [0.25, 0.3) is 0 Å². The standard InChI is InChI=1S/C12H15N3O2S/c1-2-12(17)15-9-5-10(18-11(9)7-16)8(6-14)3-4-13/h3-7H,2,13-14H2,1H3,(H,15,17)/b4-3-,8-6?. The van der Waals surface area contributed by atoms with E-state index < -0.39 is 0 Å². The Morgan fingerprint density at radius 2 is 2.22 bits per heavy atom. The summed E-state index contributed by atoms with van der Waals surface area (Å²) in [6, 6.07) is 1.71. The molecule has 5 N–H and O–H groups in total. The van der Waals surface area contributed by atoms with Crippen LogP contribution < -0.4 is 16.8 Å². The molecule has 18 heavy (non-hydrogen) atoms. The molecule has 1 heterocycles. The first-order valence-corrected chi connectivity index (χ1v) is 6.17. The van der Waals surface area contributed by atoms with E-state index in [0.717, 1.165) is 4.88 Å². The van der Waals surface area contributed by atoms with E-state index in [4.69, 9.17) is 11.5 Å². The average Bonchev–Trinajstić information content (AvgIpc) is 2.78. The minimum atomic E-state index is -0.143. The number of carbonyl (C=O) groups is 2. The molecule has 96 valence electrons. The second kappa shape index (κ2) is 6.61. The van der Waals surface area contributed by atoms with E-state index in [0.29, 0.717) is 28.8 Å². The highest BCUT2D eigenvalue weighted by Crippen LogP contribution is 2.31. The summed E-state index contributed by atoms with van der Waals surface area (Å²) in [7, 11) is 0. The van der Waals surface area contributed by atoms with Crippen molar-refractivity contribution in [2.75, 3.05) is 5.32 Å². The minimum Gasteiger partial charge on any atom is -0.405 e. The lowest BCUT2D eigenvalue weighted by Gasteiger charge is -2.00. The molecule has 1 amide bonds. The Kier molecular flexibility index (Phi) is 5.13. The van der Waals surface area contributed by atoms with Gasteiger partial charge in [0.05, 0.1) is 10.6 Å². The summed E-state index contributed by atoms with van der Waals surface area (Å²) in [5, 5.41) is 2.67. The summed E-state index contributed by atoms with van der Waals surface area (Å²) in [6.07, 6.45) is 5.45. The Labute approximate surface area is 109 Å². The number of nitrogens with one attached hydrogen (secondary N) is 1. The van der Waals surface area contributed by atoms with Gasteiger partial charge in [0, 0.05) is 23.1 Å². The minimum absolute atomic E-state index is 0.143. The Hall–Kier alpha value is -2.08. The predicted octanol–water partition coefficient (Wildman–Crippen LogP) is 1.68. The number of rotatable bonds is 5. The lowest BCUT2D eigenvalue weighted by Crippen LogP contribution is -2.09. The summed E-state index contributed by atoms with van der Waals surface area (Å²) in [6.45, 7) is 1.74. The number of amides is 1. The van der Waals surface area contributed by atoms with Gasteiger partial charge in [-0.15, -0.1) is 11.3 Å². The van der Waals surface area contributed by atoms with Crippen LogP contribution in [-0.4, -0.2) is 12.2 Å². The quantitative estimate of drug-likeness (QED) is 0.557. The SMILES string of the molecule is CCC(=O)Nc1cc(C(=CN)/C=C\N)sc1C=O. The topological polar surface area (TPSA) is 98.2 Å². The van der Waals surface area contributed by atoms with Gasteiger partial charge < -0.3 is 16.8 Å². The number of hydrogen-bond acceptors (Lipinski definition) is 5. The monoisotopic (exact) mass is 265 g/mol. The highest BCUT2D eigenvalue weighted by atomic mass is 32.1. The fourth-order valence-electron chi connectivity index (χ4n) is 1.29. The fraction of sp³-hybridized carbons (Fsp3) is 0.167. The molecular formula is C12H15N3O2S.